The summed E-state index contributed by atoms with van der Waals surface area (Å²) >= 11 is 0. The zero-order valence-electron chi connectivity index (χ0n) is 14.3. The summed E-state index contributed by atoms with van der Waals surface area (Å²) in [6.45, 7) is 5.35. The highest BCUT2D eigenvalue weighted by Gasteiger charge is 2.08. The first-order chi connectivity index (χ1) is 11.7. The molecule has 0 aliphatic heterocycles. The molecule has 2 nitrogen and oxygen atoms in total. The maximum absolute atomic E-state index is 6.07. The average molecular weight is 317 g/mol. The van der Waals surface area contributed by atoms with E-state index >= 15 is 0 Å². The summed E-state index contributed by atoms with van der Waals surface area (Å²) in [6, 6.07) is 23.0. The molecule has 2 N–H and O–H groups in total. The van der Waals surface area contributed by atoms with Gasteiger partial charge in [-0.15, -0.1) is 0 Å². The van der Waals surface area contributed by atoms with Crippen molar-refractivity contribution >= 4 is 0 Å². The molecule has 0 heterocycles. The Bertz CT molecular complexity index is 801. The summed E-state index contributed by atoms with van der Waals surface area (Å²) in [5.74, 6) is 0.970. The normalized spacial score (nSPS) is 10.6. The van der Waals surface area contributed by atoms with Gasteiger partial charge >= 0.3 is 0 Å². The third-order valence-corrected chi connectivity index (χ3v) is 4.18. The van der Waals surface area contributed by atoms with Crippen molar-refractivity contribution in [3.8, 4) is 16.9 Å². The highest BCUT2D eigenvalue weighted by atomic mass is 16.5. The Kier molecular flexibility index (Phi) is 4.97. The number of hydrogen-bond donors (Lipinski definition) is 1. The van der Waals surface area contributed by atoms with Gasteiger partial charge in [0, 0.05) is 6.54 Å². The van der Waals surface area contributed by atoms with Gasteiger partial charge in [0.15, 0.2) is 0 Å². The summed E-state index contributed by atoms with van der Waals surface area (Å²) < 4.78 is 6.07. The van der Waals surface area contributed by atoms with E-state index in [9.17, 15) is 0 Å². The monoisotopic (exact) mass is 317 g/mol. The number of benzene rings is 3. The van der Waals surface area contributed by atoms with Gasteiger partial charge in [-0.1, -0.05) is 48.5 Å². The van der Waals surface area contributed by atoms with Crippen LogP contribution in [0.1, 0.15) is 22.3 Å². The standard InChI is InChI=1S/C22H23NO/c1-16-11-21(20-10-6-9-19(13-20)14-23)12-17(2)22(16)24-15-18-7-4-3-5-8-18/h3-13H,14-15,23H2,1-2H3. The van der Waals surface area contributed by atoms with Gasteiger partial charge in [0.2, 0.25) is 0 Å². The second-order valence-electron chi connectivity index (χ2n) is 6.12. The van der Waals surface area contributed by atoms with Crippen molar-refractivity contribution in [2.75, 3.05) is 0 Å². The minimum Gasteiger partial charge on any atom is -0.488 e. The Morgan fingerprint density at radius 2 is 1.42 bits per heavy atom. The maximum atomic E-state index is 6.07. The molecule has 0 aliphatic rings. The van der Waals surface area contributed by atoms with Crippen LogP contribution in [0.4, 0.5) is 0 Å². The van der Waals surface area contributed by atoms with Crippen LogP contribution in [0, 0.1) is 13.8 Å². The van der Waals surface area contributed by atoms with E-state index in [0.717, 1.165) is 22.4 Å². The highest BCUT2D eigenvalue weighted by molar-refractivity contribution is 5.68. The fourth-order valence-corrected chi connectivity index (χ4v) is 2.95. The predicted molar refractivity (Wildman–Crippen MR) is 100 cm³/mol. The number of hydrogen-bond acceptors (Lipinski definition) is 2. The summed E-state index contributed by atoms with van der Waals surface area (Å²) in [5.41, 5.74) is 12.8. The van der Waals surface area contributed by atoms with Crippen LogP contribution in [-0.4, -0.2) is 0 Å². The van der Waals surface area contributed by atoms with Crippen molar-refractivity contribution in [3.63, 3.8) is 0 Å². The molecule has 0 saturated heterocycles. The van der Waals surface area contributed by atoms with Gasteiger partial charge in [0.25, 0.3) is 0 Å². The first-order valence-corrected chi connectivity index (χ1v) is 8.24. The molecule has 3 rings (SSSR count). The zero-order valence-corrected chi connectivity index (χ0v) is 14.3. The predicted octanol–water partition coefficient (Wildman–Crippen LogP) is 5.01. The Balaban J connectivity index is 1.85. The van der Waals surface area contributed by atoms with E-state index < -0.39 is 0 Å². The van der Waals surface area contributed by atoms with Crippen molar-refractivity contribution in [2.24, 2.45) is 5.73 Å². The molecule has 0 radical (unpaired) electrons. The molecule has 0 aromatic heterocycles. The molecule has 0 bridgehead atoms. The summed E-state index contributed by atoms with van der Waals surface area (Å²) in [4.78, 5) is 0. The molecule has 122 valence electrons. The number of nitrogens with two attached hydrogens (primary N) is 1. The van der Waals surface area contributed by atoms with Crippen LogP contribution < -0.4 is 10.5 Å². The molecule has 0 fully saturated rings. The lowest BCUT2D eigenvalue weighted by Crippen LogP contribution is -1.99. The lowest BCUT2D eigenvalue weighted by molar-refractivity contribution is 0.302. The molecule has 3 aromatic rings. The van der Waals surface area contributed by atoms with Gasteiger partial charge in [-0.25, -0.2) is 0 Å². The summed E-state index contributed by atoms with van der Waals surface area (Å²) in [6.07, 6.45) is 0. The quantitative estimate of drug-likeness (QED) is 0.718. The molecule has 0 saturated carbocycles. The molecular weight excluding hydrogens is 294 g/mol. The molecule has 24 heavy (non-hydrogen) atoms. The first kappa shape index (κ1) is 16.3. The van der Waals surface area contributed by atoms with E-state index in [1.807, 2.05) is 18.2 Å². The van der Waals surface area contributed by atoms with E-state index in [4.69, 9.17) is 10.5 Å². The minimum atomic E-state index is 0.560. The second-order valence-corrected chi connectivity index (χ2v) is 6.12. The lowest BCUT2D eigenvalue weighted by atomic mass is 9.98. The minimum absolute atomic E-state index is 0.560. The van der Waals surface area contributed by atoms with Gasteiger partial charge < -0.3 is 10.5 Å². The van der Waals surface area contributed by atoms with Crippen LogP contribution in [0.2, 0.25) is 0 Å². The topological polar surface area (TPSA) is 35.2 Å². The van der Waals surface area contributed by atoms with Crippen LogP contribution in [0.5, 0.6) is 5.75 Å². The van der Waals surface area contributed by atoms with Crippen LogP contribution in [0.25, 0.3) is 11.1 Å². The van der Waals surface area contributed by atoms with Crippen molar-refractivity contribution in [3.05, 3.63) is 89.0 Å². The number of aryl methyl sites for hydroxylation is 2. The van der Waals surface area contributed by atoms with Gasteiger partial charge in [0.1, 0.15) is 12.4 Å². The Hall–Kier alpha value is -2.58. The summed E-state index contributed by atoms with van der Waals surface area (Å²) in [5, 5.41) is 0. The van der Waals surface area contributed by atoms with Crippen LogP contribution in [-0.2, 0) is 13.2 Å². The highest BCUT2D eigenvalue weighted by Crippen LogP contribution is 2.31. The Labute approximate surface area is 143 Å². The number of ether oxygens (including phenoxy) is 1. The molecule has 0 aliphatic carbocycles. The van der Waals surface area contributed by atoms with Crippen LogP contribution >= 0.6 is 0 Å². The van der Waals surface area contributed by atoms with Crippen molar-refractivity contribution in [2.45, 2.75) is 27.0 Å². The van der Waals surface area contributed by atoms with Gasteiger partial charge in [-0.05, 0) is 65.4 Å². The Morgan fingerprint density at radius 3 is 2.08 bits per heavy atom. The molecule has 0 amide bonds. The van der Waals surface area contributed by atoms with Crippen molar-refractivity contribution in [1.82, 2.24) is 0 Å². The fraction of sp³-hybridized carbons (Fsp3) is 0.182. The van der Waals surface area contributed by atoms with Gasteiger partial charge in [0.05, 0.1) is 0 Å². The van der Waals surface area contributed by atoms with E-state index in [1.54, 1.807) is 0 Å². The molecule has 0 unspecified atom stereocenters. The third-order valence-electron chi connectivity index (χ3n) is 4.18. The smallest absolute Gasteiger partial charge is 0.125 e. The lowest BCUT2D eigenvalue weighted by Gasteiger charge is -2.15. The maximum Gasteiger partial charge on any atom is 0.125 e. The summed E-state index contributed by atoms with van der Waals surface area (Å²) in [7, 11) is 0. The molecule has 0 atom stereocenters. The van der Waals surface area contributed by atoms with Gasteiger partial charge in [-0.3, -0.25) is 0 Å². The third kappa shape index (κ3) is 3.66. The van der Waals surface area contributed by atoms with E-state index in [0.29, 0.717) is 13.2 Å². The molecular formula is C22H23NO. The SMILES string of the molecule is Cc1cc(-c2cccc(CN)c2)cc(C)c1OCc1ccccc1. The fourth-order valence-electron chi connectivity index (χ4n) is 2.95. The van der Waals surface area contributed by atoms with Gasteiger partial charge in [-0.2, -0.15) is 0 Å². The van der Waals surface area contributed by atoms with Crippen molar-refractivity contribution in [1.29, 1.82) is 0 Å². The molecule has 0 spiro atoms. The Morgan fingerprint density at radius 1 is 0.750 bits per heavy atom. The van der Waals surface area contributed by atoms with E-state index in [1.165, 1.54) is 16.7 Å². The molecule has 3 aromatic carbocycles. The zero-order chi connectivity index (χ0) is 16.9. The second kappa shape index (κ2) is 7.33. The van der Waals surface area contributed by atoms with E-state index in [-0.39, 0.29) is 0 Å². The first-order valence-electron chi connectivity index (χ1n) is 8.24. The van der Waals surface area contributed by atoms with Crippen LogP contribution in [0.3, 0.4) is 0 Å². The number of rotatable bonds is 5. The van der Waals surface area contributed by atoms with Crippen molar-refractivity contribution < 1.29 is 4.74 Å². The average Bonchev–Trinajstić information content (AvgIpc) is 2.62. The molecule has 2 heteroatoms. The van der Waals surface area contributed by atoms with E-state index in [2.05, 4.69) is 62.4 Å². The largest absolute Gasteiger partial charge is 0.488 e. The van der Waals surface area contributed by atoms with Crippen LogP contribution in [0.15, 0.2) is 66.7 Å².